The Morgan fingerprint density at radius 2 is 0.902 bits per heavy atom. The van der Waals surface area contributed by atoms with E-state index in [0.29, 0.717) is 0 Å². The summed E-state index contributed by atoms with van der Waals surface area (Å²) in [5, 5.41) is 10.0. The van der Waals surface area contributed by atoms with Crippen molar-refractivity contribution in [3.8, 4) is 0 Å². The summed E-state index contributed by atoms with van der Waals surface area (Å²) in [5.41, 5.74) is 8.22. The lowest BCUT2D eigenvalue weighted by Crippen LogP contribution is -2.61. The molecule has 1 unspecified atom stereocenters. The van der Waals surface area contributed by atoms with E-state index in [1.165, 1.54) is 100 Å². The number of hydrazine groups is 1. The number of rotatable bonds is 16. The fourth-order valence-corrected chi connectivity index (χ4v) is 7.50. The Bertz CT molecular complexity index is 1270. The number of unbranched alkanes of at least 4 members (excludes halogenated alkanes) is 12. The van der Waals surface area contributed by atoms with Crippen LogP contribution in [0.4, 0.5) is 5.69 Å². The Balaban J connectivity index is 0.000000330. The van der Waals surface area contributed by atoms with Gasteiger partial charge in [0.2, 0.25) is 0 Å². The second-order valence-corrected chi connectivity index (χ2v) is 14.2. The minimum atomic E-state index is -0.558. The van der Waals surface area contributed by atoms with Crippen molar-refractivity contribution in [3.63, 3.8) is 0 Å². The molecule has 1 heterocycles. The molecule has 4 nitrogen and oxygen atoms in total. The van der Waals surface area contributed by atoms with Crippen molar-refractivity contribution in [1.82, 2.24) is 16.1 Å². The highest BCUT2D eigenvalue weighted by molar-refractivity contribution is 5.58. The molecule has 1 fully saturated rings. The molecule has 0 spiro atoms. The zero-order chi connectivity index (χ0) is 35.7. The monoisotopic (exact) mass is 689 g/mol. The van der Waals surface area contributed by atoms with Crippen LogP contribution in [0.15, 0.2) is 121 Å². The Kier molecular flexibility index (Phi) is 19.5. The summed E-state index contributed by atoms with van der Waals surface area (Å²) >= 11 is 0. The van der Waals surface area contributed by atoms with Gasteiger partial charge in [0.15, 0.2) is 0 Å². The van der Waals surface area contributed by atoms with Crippen molar-refractivity contribution in [1.29, 1.82) is 0 Å². The van der Waals surface area contributed by atoms with Crippen molar-refractivity contribution in [2.75, 3.05) is 31.2 Å². The minimum Gasteiger partial charge on any atom is -0.317 e. The molecule has 3 N–H and O–H groups in total. The molecule has 0 radical (unpaired) electrons. The molecule has 0 bridgehead atoms. The maximum atomic E-state index is 4.02. The summed E-state index contributed by atoms with van der Waals surface area (Å²) in [5.74, 6) is 0. The number of para-hydroxylation sites is 1. The summed E-state index contributed by atoms with van der Waals surface area (Å²) in [6, 6.07) is 43.6. The molecular weight excluding hydrogens is 621 g/mol. The predicted octanol–water partition coefficient (Wildman–Crippen LogP) is 11.8. The molecule has 1 aliphatic heterocycles. The summed E-state index contributed by atoms with van der Waals surface area (Å²) < 4.78 is 0. The Labute approximate surface area is 311 Å². The third-order valence-electron chi connectivity index (χ3n) is 10.2. The number of hydrogen-bond donors (Lipinski definition) is 3. The number of nitrogens with zero attached hydrogens (tertiary/aromatic N) is 1. The molecule has 1 saturated heterocycles. The largest absolute Gasteiger partial charge is 0.317 e. The highest BCUT2D eigenvalue weighted by atomic mass is 15.5. The van der Waals surface area contributed by atoms with Gasteiger partial charge in [-0.15, -0.1) is 0 Å². The SMILES string of the molecule is CCCCCCCCCCCCCCC.c1ccc(C2NCCCNCCCNN(c3ccccc3)C2(c2ccccc2)c2ccccc2)cc1. The summed E-state index contributed by atoms with van der Waals surface area (Å²) in [7, 11) is 0. The van der Waals surface area contributed by atoms with Crippen LogP contribution in [0.3, 0.4) is 0 Å². The van der Waals surface area contributed by atoms with Crippen LogP contribution >= 0.6 is 0 Å². The van der Waals surface area contributed by atoms with Crippen molar-refractivity contribution >= 4 is 5.69 Å². The summed E-state index contributed by atoms with van der Waals surface area (Å²) in [6.45, 7) is 8.37. The third kappa shape index (κ3) is 12.9. The molecule has 4 aromatic rings. The first-order valence-electron chi connectivity index (χ1n) is 20.5. The zero-order valence-electron chi connectivity index (χ0n) is 32.0. The first-order chi connectivity index (χ1) is 25.3. The minimum absolute atomic E-state index is 0.0179. The maximum Gasteiger partial charge on any atom is 0.125 e. The first-order valence-corrected chi connectivity index (χ1v) is 20.5. The fraction of sp³-hybridized carbons (Fsp3) is 0.489. The smallest absolute Gasteiger partial charge is 0.125 e. The predicted molar refractivity (Wildman–Crippen MR) is 221 cm³/mol. The van der Waals surface area contributed by atoms with Gasteiger partial charge in [-0.2, -0.15) is 0 Å². The standard InChI is InChI=1S/C32H36N4.C15H32/c1-5-15-27(16-6-1)31-32(28-17-7-2-8-18-28,29-19-9-3-10-20-29)36(30-21-11-4-12-22-30)35-26-14-24-33-23-13-25-34-31;1-3-5-7-9-11-13-15-14-12-10-8-6-4-2/h1-12,15-22,31,33-35H,13-14,23-26H2;3-15H2,1-2H3. The Morgan fingerprint density at radius 3 is 1.37 bits per heavy atom. The number of benzene rings is 4. The molecule has 0 saturated carbocycles. The van der Waals surface area contributed by atoms with Crippen LogP contribution in [-0.2, 0) is 5.54 Å². The van der Waals surface area contributed by atoms with Gasteiger partial charge in [-0.05, 0) is 61.3 Å². The van der Waals surface area contributed by atoms with E-state index in [2.05, 4.69) is 156 Å². The van der Waals surface area contributed by atoms with Crippen molar-refractivity contribution in [3.05, 3.63) is 138 Å². The van der Waals surface area contributed by atoms with Gasteiger partial charge in [-0.3, -0.25) is 5.01 Å². The second-order valence-electron chi connectivity index (χ2n) is 14.2. The molecule has 51 heavy (non-hydrogen) atoms. The van der Waals surface area contributed by atoms with Gasteiger partial charge >= 0.3 is 0 Å². The lowest BCUT2D eigenvalue weighted by atomic mass is 9.73. The van der Waals surface area contributed by atoms with Crippen LogP contribution in [-0.4, -0.2) is 26.2 Å². The molecule has 4 heteroatoms. The van der Waals surface area contributed by atoms with E-state index in [1.807, 2.05) is 0 Å². The lowest BCUT2D eigenvalue weighted by Gasteiger charge is -2.51. The van der Waals surface area contributed by atoms with E-state index in [-0.39, 0.29) is 6.04 Å². The number of hydrogen-bond acceptors (Lipinski definition) is 4. The van der Waals surface area contributed by atoms with Crippen LogP contribution in [0.2, 0.25) is 0 Å². The molecule has 0 aromatic heterocycles. The third-order valence-corrected chi connectivity index (χ3v) is 10.2. The van der Waals surface area contributed by atoms with E-state index in [9.17, 15) is 0 Å². The summed E-state index contributed by atoms with van der Waals surface area (Å²) in [4.78, 5) is 0. The average Bonchev–Trinajstić information content (AvgIpc) is 3.19. The maximum absolute atomic E-state index is 4.02. The molecular formula is C47H68N4. The molecule has 4 aromatic carbocycles. The van der Waals surface area contributed by atoms with Crippen LogP contribution in [0.25, 0.3) is 0 Å². The van der Waals surface area contributed by atoms with Crippen LogP contribution in [0.1, 0.15) is 133 Å². The molecule has 0 amide bonds. The Hall–Kier alpha value is -3.44. The Morgan fingerprint density at radius 1 is 0.490 bits per heavy atom. The van der Waals surface area contributed by atoms with Gasteiger partial charge in [-0.1, -0.05) is 207 Å². The van der Waals surface area contributed by atoms with Gasteiger partial charge in [0.05, 0.1) is 11.7 Å². The molecule has 276 valence electrons. The van der Waals surface area contributed by atoms with Gasteiger partial charge in [-0.25, -0.2) is 5.43 Å². The van der Waals surface area contributed by atoms with Crippen molar-refractivity contribution < 1.29 is 0 Å². The molecule has 1 aliphatic rings. The normalized spacial score (nSPS) is 16.7. The topological polar surface area (TPSA) is 39.3 Å². The molecule has 1 atom stereocenters. The van der Waals surface area contributed by atoms with E-state index in [0.717, 1.165) is 44.7 Å². The van der Waals surface area contributed by atoms with E-state index < -0.39 is 5.54 Å². The van der Waals surface area contributed by atoms with E-state index >= 15 is 0 Å². The quantitative estimate of drug-likeness (QED) is 0.102. The summed E-state index contributed by atoms with van der Waals surface area (Å²) in [6.07, 6.45) is 21.0. The van der Waals surface area contributed by atoms with Gasteiger partial charge in [0, 0.05) is 6.54 Å². The van der Waals surface area contributed by atoms with E-state index in [4.69, 9.17) is 0 Å². The average molecular weight is 689 g/mol. The fourth-order valence-electron chi connectivity index (χ4n) is 7.50. The van der Waals surface area contributed by atoms with Crippen molar-refractivity contribution in [2.45, 2.75) is 122 Å². The lowest BCUT2D eigenvalue weighted by molar-refractivity contribution is 0.298. The first kappa shape index (κ1) is 40.3. The molecule has 5 rings (SSSR count). The van der Waals surface area contributed by atoms with E-state index in [1.54, 1.807) is 0 Å². The molecule has 0 aliphatic carbocycles. The van der Waals surface area contributed by atoms with Crippen LogP contribution in [0.5, 0.6) is 0 Å². The highest BCUT2D eigenvalue weighted by Crippen LogP contribution is 2.47. The van der Waals surface area contributed by atoms with Crippen LogP contribution in [0, 0.1) is 0 Å². The van der Waals surface area contributed by atoms with Crippen molar-refractivity contribution in [2.24, 2.45) is 0 Å². The highest BCUT2D eigenvalue weighted by Gasteiger charge is 2.48. The second kappa shape index (κ2) is 24.7. The zero-order valence-corrected chi connectivity index (χ0v) is 32.0. The van der Waals surface area contributed by atoms with Gasteiger partial charge in [0.1, 0.15) is 5.54 Å². The number of anilines is 1. The van der Waals surface area contributed by atoms with Gasteiger partial charge < -0.3 is 10.6 Å². The van der Waals surface area contributed by atoms with Gasteiger partial charge in [0.25, 0.3) is 0 Å². The van der Waals surface area contributed by atoms with Crippen LogP contribution < -0.4 is 21.1 Å². The number of nitrogens with one attached hydrogen (secondary N) is 3.